The van der Waals surface area contributed by atoms with Gasteiger partial charge < -0.3 is 10.2 Å². The Bertz CT molecular complexity index is 811. The Hall–Kier alpha value is -2.63. The van der Waals surface area contributed by atoms with E-state index in [4.69, 9.17) is 0 Å². The third kappa shape index (κ3) is 4.26. The summed E-state index contributed by atoms with van der Waals surface area (Å²) in [5.41, 5.74) is 2.30. The van der Waals surface area contributed by atoms with Gasteiger partial charge in [0.15, 0.2) is 0 Å². The molecule has 1 saturated heterocycles. The molecule has 0 spiro atoms. The van der Waals surface area contributed by atoms with Gasteiger partial charge in [-0.15, -0.1) is 0 Å². The van der Waals surface area contributed by atoms with E-state index in [0.29, 0.717) is 12.1 Å². The molecule has 1 aromatic heterocycles. The minimum Gasteiger partial charge on any atom is -0.348 e. The quantitative estimate of drug-likeness (QED) is 0.835. The topological polar surface area (TPSA) is 78.1 Å². The maximum atomic E-state index is 12.9. The number of aromatic nitrogens is 2. The van der Waals surface area contributed by atoms with Crippen LogP contribution >= 0.6 is 0 Å². The zero-order valence-corrected chi connectivity index (χ0v) is 16.2. The average molecular weight is 380 g/mol. The number of carbonyl (C=O) groups is 2. The molecule has 28 heavy (non-hydrogen) atoms. The monoisotopic (exact) mass is 380 g/mol. The number of likely N-dealkylation sites (tertiary alicyclic amines) is 1. The predicted octanol–water partition coefficient (Wildman–Crippen LogP) is 3.38. The maximum Gasteiger partial charge on any atom is 0.271 e. The predicted molar refractivity (Wildman–Crippen MR) is 107 cm³/mol. The fraction of sp³-hybridized carbons (Fsp3) is 0.500. The number of amides is 2. The van der Waals surface area contributed by atoms with Crippen molar-refractivity contribution in [3.63, 3.8) is 0 Å². The normalized spacial score (nSPS) is 20.3. The van der Waals surface area contributed by atoms with Crippen LogP contribution in [0.15, 0.2) is 36.4 Å². The van der Waals surface area contributed by atoms with Crippen molar-refractivity contribution >= 4 is 11.8 Å². The summed E-state index contributed by atoms with van der Waals surface area (Å²) in [5, 5.41) is 10.3. The van der Waals surface area contributed by atoms with Gasteiger partial charge >= 0.3 is 0 Å². The second kappa shape index (κ2) is 8.59. The highest BCUT2D eigenvalue weighted by Crippen LogP contribution is 2.31. The van der Waals surface area contributed by atoms with E-state index < -0.39 is 0 Å². The largest absolute Gasteiger partial charge is 0.348 e. The lowest BCUT2D eigenvalue weighted by molar-refractivity contribution is -0.134. The molecule has 2 heterocycles. The van der Waals surface area contributed by atoms with E-state index in [9.17, 15) is 9.59 Å². The van der Waals surface area contributed by atoms with Crippen molar-refractivity contribution in [2.45, 2.75) is 63.5 Å². The van der Waals surface area contributed by atoms with E-state index in [1.807, 2.05) is 41.3 Å². The van der Waals surface area contributed by atoms with Crippen LogP contribution in [-0.2, 0) is 11.2 Å². The Morgan fingerprint density at radius 3 is 2.61 bits per heavy atom. The molecule has 2 fully saturated rings. The zero-order chi connectivity index (χ0) is 19.3. The lowest BCUT2D eigenvalue weighted by Crippen LogP contribution is -2.39. The third-order valence-corrected chi connectivity index (χ3v) is 5.90. The van der Waals surface area contributed by atoms with Crippen LogP contribution in [0.1, 0.15) is 72.7 Å². The van der Waals surface area contributed by atoms with E-state index in [2.05, 4.69) is 15.5 Å². The molecule has 0 radical (unpaired) electrons. The van der Waals surface area contributed by atoms with Gasteiger partial charge in [0.2, 0.25) is 5.91 Å². The highest BCUT2D eigenvalue weighted by atomic mass is 16.2. The molecule has 2 aromatic rings. The number of hydrogen-bond donors (Lipinski definition) is 2. The molecule has 1 aromatic carbocycles. The number of piperidine rings is 1. The van der Waals surface area contributed by atoms with Crippen LogP contribution in [-0.4, -0.2) is 39.5 Å². The fourth-order valence-electron chi connectivity index (χ4n) is 4.38. The molecular formula is C22H28N4O2. The van der Waals surface area contributed by atoms with E-state index >= 15 is 0 Å². The summed E-state index contributed by atoms with van der Waals surface area (Å²) >= 11 is 0. The molecule has 1 aliphatic carbocycles. The van der Waals surface area contributed by atoms with Gasteiger partial charge in [0.1, 0.15) is 5.69 Å². The van der Waals surface area contributed by atoms with Crippen molar-refractivity contribution in [1.82, 2.24) is 20.4 Å². The molecule has 0 unspecified atom stereocenters. The zero-order valence-electron chi connectivity index (χ0n) is 16.2. The molecule has 2 amide bonds. The van der Waals surface area contributed by atoms with Gasteiger partial charge in [0.25, 0.3) is 5.91 Å². The second-order valence-electron chi connectivity index (χ2n) is 7.92. The summed E-state index contributed by atoms with van der Waals surface area (Å²) in [5.74, 6) is 0.00910. The Morgan fingerprint density at radius 2 is 1.82 bits per heavy atom. The fourth-order valence-corrected chi connectivity index (χ4v) is 4.38. The first-order valence-corrected chi connectivity index (χ1v) is 10.4. The number of nitrogens with zero attached hydrogens (tertiary/aromatic N) is 2. The van der Waals surface area contributed by atoms with Gasteiger partial charge in [-0.1, -0.05) is 43.2 Å². The van der Waals surface area contributed by atoms with Crippen molar-refractivity contribution in [3.8, 4) is 0 Å². The number of carbonyl (C=O) groups excluding carboxylic acids is 2. The third-order valence-electron chi connectivity index (χ3n) is 5.90. The van der Waals surface area contributed by atoms with Gasteiger partial charge in [-0.05, 0) is 43.7 Å². The van der Waals surface area contributed by atoms with E-state index in [1.165, 1.54) is 12.8 Å². The van der Waals surface area contributed by atoms with Gasteiger partial charge in [-0.25, -0.2) is 0 Å². The number of benzene rings is 1. The van der Waals surface area contributed by atoms with Crippen molar-refractivity contribution in [2.75, 3.05) is 6.54 Å². The summed E-state index contributed by atoms with van der Waals surface area (Å²) in [7, 11) is 0. The van der Waals surface area contributed by atoms with Crippen LogP contribution in [0.2, 0.25) is 0 Å². The smallest absolute Gasteiger partial charge is 0.271 e. The number of aromatic amines is 1. The van der Waals surface area contributed by atoms with E-state index in [0.717, 1.165) is 49.9 Å². The summed E-state index contributed by atoms with van der Waals surface area (Å²) in [6.45, 7) is 0.749. The number of rotatable bonds is 5. The molecule has 1 atom stereocenters. The molecule has 0 bridgehead atoms. The lowest BCUT2D eigenvalue weighted by Gasteiger charge is -2.35. The van der Waals surface area contributed by atoms with Crippen LogP contribution in [0.25, 0.3) is 0 Å². The van der Waals surface area contributed by atoms with Crippen molar-refractivity contribution < 1.29 is 9.59 Å². The van der Waals surface area contributed by atoms with Crippen LogP contribution in [0.4, 0.5) is 0 Å². The lowest BCUT2D eigenvalue weighted by atomic mass is 9.98. The number of hydrogen-bond acceptors (Lipinski definition) is 3. The SMILES string of the molecule is O=C(NC1CCCC1)c1cc([C@H]2CCCCN2C(=O)Cc2ccccc2)[nH]n1. The minimum atomic E-state index is -0.118. The molecule has 1 aliphatic heterocycles. The van der Waals surface area contributed by atoms with Crippen molar-refractivity contribution in [3.05, 3.63) is 53.3 Å². The molecule has 148 valence electrons. The van der Waals surface area contributed by atoms with Gasteiger partial charge in [-0.2, -0.15) is 5.10 Å². The highest BCUT2D eigenvalue weighted by molar-refractivity contribution is 5.92. The number of nitrogens with one attached hydrogen (secondary N) is 2. The minimum absolute atomic E-state index is 0.0366. The van der Waals surface area contributed by atoms with Crippen molar-refractivity contribution in [1.29, 1.82) is 0 Å². The second-order valence-corrected chi connectivity index (χ2v) is 7.92. The average Bonchev–Trinajstić information content (AvgIpc) is 3.41. The van der Waals surface area contributed by atoms with Crippen LogP contribution in [0.5, 0.6) is 0 Å². The molecule has 2 N–H and O–H groups in total. The standard InChI is InChI=1S/C22H28N4O2/c27-21(14-16-8-2-1-3-9-16)26-13-7-6-12-20(26)18-15-19(25-24-18)22(28)23-17-10-4-5-11-17/h1-3,8-9,15,17,20H,4-7,10-14H2,(H,23,28)(H,24,25)/t20-/m1/s1. The first kappa shape index (κ1) is 18.7. The van der Waals surface area contributed by atoms with Gasteiger partial charge in [0, 0.05) is 12.6 Å². The summed E-state index contributed by atoms with van der Waals surface area (Å²) in [6.07, 6.45) is 7.84. The molecule has 1 saturated carbocycles. The van der Waals surface area contributed by atoms with E-state index in [1.54, 1.807) is 0 Å². The number of H-pyrrole nitrogens is 1. The van der Waals surface area contributed by atoms with Crippen molar-refractivity contribution in [2.24, 2.45) is 0 Å². The maximum absolute atomic E-state index is 12.9. The summed E-state index contributed by atoms with van der Waals surface area (Å²) in [6, 6.07) is 11.9. The molecule has 2 aliphatic rings. The Balaban J connectivity index is 1.44. The highest BCUT2D eigenvalue weighted by Gasteiger charge is 2.30. The molecule has 6 heteroatoms. The molecule has 6 nitrogen and oxygen atoms in total. The van der Waals surface area contributed by atoms with E-state index in [-0.39, 0.29) is 23.9 Å². The van der Waals surface area contributed by atoms with Crippen LogP contribution < -0.4 is 5.32 Å². The Labute approximate surface area is 165 Å². The Kier molecular flexibility index (Phi) is 5.74. The van der Waals surface area contributed by atoms with Gasteiger partial charge in [-0.3, -0.25) is 14.7 Å². The Morgan fingerprint density at radius 1 is 1.07 bits per heavy atom. The first-order chi connectivity index (χ1) is 13.7. The van der Waals surface area contributed by atoms with Gasteiger partial charge in [0.05, 0.1) is 18.2 Å². The van der Waals surface area contributed by atoms with Crippen LogP contribution in [0, 0.1) is 0 Å². The molecular weight excluding hydrogens is 352 g/mol. The van der Waals surface area contributed by atoms with Crippen LogP contribution in [0.3, 0.4) is 0 Å². The summed E-state index contributed by atoms with van der Waals surface area (Å²) in [4.78, 5) is 27.4. The first-order valence-electron chi connectivity index (χ1n) is 10.4. The molecule has 4 rings (SSSR count). The summed E-state index contributed by atoms with van der Waals surface area (Å²) < 4.78 is 0.